The molecule has 0 aromatic heterocycles. The molecule has 2 N–H and O–H groups in total. The quantitative estimate of drug-likeness (QED) is 0.488. The number of carbonyl (C=O) groups is 1. The van der Waals surface area contributed by atoms with Crippen molar-refractivity contribution in [3.63, 3.8) is 0 Å². The van der Waals surface area contributed by atoms with Crippen LogP contribution in [0.5, 0.6) is 5.75 Å². The summed E-state index contributed by atoms with van der Waals surface area (Å²) in [5.74, 6) is 0.263. The third kappa shape index (κ3) is 7.34. The standard InChI is InChI=1S/C19H20Cl2N2O3S/c1-2-25-8-9-26-16-5-3-4-13(10-16)18(24)23-19(27)22-12-14-6-7-15(20)11-17(14)21/h3-7,10-11H,2,8-9,12H2,1H3,(H2,22,23,24,27). The molecular formula is C19H20Cl2N2O3S. The van der Waals surface area contributed by atoms with E-state index in [-0.39, 0.29) is 11.0 Å². The lowest BCUT2D eigenvalue weighted by molar-refractivity contribution is 0.0975. The van der Waals surface area contributed by atoms with E-state index in [9.17, 15) is 4.79 Å². The summed E-state index contributed by atoms with van der Waals surface area (Å²) in [6.07, 6.45) is 0. The second kappa shape index (κ2) is 11.1. The molecule has 0 saturated heterocycles. The van der Waals surface area contributed by atoms with Crippen molar-refractivity contribution in [2.75, 3.05) is 19.8 Å². The zero-order valence-electron chi connectivity index (χ0n) is 14.8. The number of amides is 1. The Kier molecular flexibility index (Phi) is 8.81. The zero-order chi connectivity index (χ0) is 19.6. The number of nitrogens with one attached hydrogen (secondary N) is 2. The van der Waals surface area contributed by atoms with Gasteiger partial charge in [0.05, 0.1) is 6.61 Å². The second-order valence-electron chi connectivity index (χ2n) is 5.45. The fourth-order valence-corrected chi connectivity index (χ4v) is 2.79. The Hall–Kier alpha value is -1.86. The van der Waals surface area contributed by atoms with E-state index >= 15 is 0 Å². The highest BCUT2D eigenvalue weighted by molar-refractivity contribution is 7.80. The molecule has 27 heavy (non-hydrogen) atoms. The lowest BCUT2D eigenvalue weighted by atomic mass is 10.2. The van der Waals surface area contributed by atoms with Crippen molar-refractivity contribution in [1.29, 1.82) is 0 Å². The van der Waals surface area contributed by atoms with Crippen LogP contribution in [0.3, 0.4) is 0 Å². The minimum atomic E-state index is -0.329. The van der Waals surface area contributed by atoms with Gasteiger partial charge in [-0.1, -0.05) is 35.3 Å². The Morgan fingerprint density at radius 2 is 1.96 bits per heavy atom. The molecule has 144 valence electrons. The highest BCUT2D eigenvalue weighted by atomic mass is 35.5. The summed E-state index contributed by atoms with van der Waals surface area (Å²) in [7, 11) is 0. The van der Waals surface area contributed by atoms with Gasteiger partial charge in [-0.15, -0.1) is 0 Å². The Bertz CT molecular complexity index is 802. The molecule has 0 bridgehead atoms. The molecule has 2 aromatic rings. The van der Waals surface area contributed by atoms with Crippen molar-refractivity contribution in [2.24, 2.45) is 0 Å². The molecule has 1 amide bonds. The average Bonchev–Trinajstić information content (AvgIpc) is 2.65. The van der Waals surface area contributed by atoms with Crippen molar-refractivity contribution in [2.45, 2.75) is 13.5 Å². The zero-order valence-corrected chi connectivity index (χ0v) is 17.1. The van der Waals surface area contributed by atoms with Crippen LogP contribution < -0.4 is 15.4 Å². The summed E-state index contributed by atoms with van der Waals surface area (Å²) in [6.45, 7) is 3.84. The lowest BCUT2D eigenvalue weighted by Gasteiger charge is -2.12. The van der Waals surface area contributed by atoms with Crippen LogP contribution in [0.2, 0.25) is 10.0 Å². The monoisotopic (exact) mass is 426 g/mol. The van der Waals surface area contributed by atoms with Crippen LogP contribution in [0, 0.1) is 0 Å². The van der Waals surface area contributed by atoms with Crippen molar-refractivity contribution in [3.05, 3.63) is 63.6 Å². The highest BCUT2D eigenvalue weighted by Gasteiger charge is 2.09. The summed E-state index contributed by atoms with van der Waals surface area (Å²) < 4.78 is 10.8. The Labute approximate surface area is 173 Å². The van der Waals surface area contributed by atoms with Gasteiger partial charge in [0, 0.05) is 28.8 Å². The van der Waals surface area contributed by atoms with Gasteiger partial charge in [-0.3, -0.25) is 10.1 Å². The predicted octanol–water partition coefficient (Wildman–Crippen LogP) is 4.21. The van der Waals surface area contributed by atoms with Crippen molar-refractivity contribution >= 4 is 46.4 Å². The molecule has 0 saturated carbocycles. The van der Waals surface area contributed by atoms with E-state index < -0.39 is 0 Å². The van der Waals surface area contributed by atoms with Crippen LogP contribution >= 0.6 is 35.4 Å². The number of hydrogen-bond acceptors (Lipinski definition) is 4. The number of carbonyl (C=O) groups excluding carboxylic acids is 1. The molecule has 0 spiro atoms. The molecule has 0 aliphatic carbocycles. The van der Waals surface area contributed by atoms with Crippen molar-refractivity contribution < 1.29 is 14.3 Å². The summed E-state index contributed by atoms with van der Waals surface area (Å²) in [5.41, 5.74) is 1.26. The molecule has 0 atom stereocenters. The molecule has 0 unspecified atom stereocenters. The lowest BCUT2D eigenvalue weighted by Crippen LogP contribution is -2.38. The van der Waals surface area contributed by atoms with Gasteiger partial charge in [0.1, 0.15) is 12.4 Å². The fourth-order valence-electron chi connectivity index (χ4n) is 2.15. The third-order valence-electron chi connectivity index (χ3n) is 3.48. The summed E-state index contributed by atoms with van der Waals surface area (Å²) >= 11 is 17.2. The maximum atomic E-state index is 12.3. The maximum absolute atomic E-state index is 12.3. The van der Waals surface area contributed by atoms with Crippen molar-refractivity contribution in [3.8, 4) is 5.75 Å². The fraction of sp³-hybridized carbons (Fsp3) is 0.263. The van der Waals surface area contributed by atoms with E-state index in [0.29, 0.717) is 47.7 Å². The van der Waals surface area contributed by atoms with E-state index in [1.54, 1.807) is 42.5 Å². The first-order chi connectivity index (χ1) is 13.0. The molecule has 0 aliphatic rings. The number of benzene rings is 2. The number of rotatable bonds is 8. The largest absolute Gasteiger partial charge is 0.491 e. The number of halogens is 2. The molecular weight excluding hydrogens is 407 g/mol. The van der Waals surface area contributed by atoms with Gasteiger partial charge in [-0.2, -0.15) is 0 Å². The second-order valence-corrected chi connectivity index (χ2v) is 6.70. The van der Waals surface area contributed by atoms with Gasteiger partial charge in [-0.05, 0) is 55.0 Å². The van der Waals surface area contributed by atoms with Crippen LogP contribution in [0.15, 0.2) is 42.5 Å². The van der Waals surface area contributed by atoms with Gasteiger partial charge < -0.3 is 14.8 Å². The van der Waals surface area contributed by atoms with Crippen LogP contribution in [-0.2, 0) is 11.3 Å². The van der Waals surface area contributed by atoms with E-state index in [1.807, 2.05) is 6.92 Å². The van der Waals surface area contributed by atoms with Gasteiger partial charge >= 0.3 is 0 Å². The van der Waals surface area contributed by atoms with Crippen molar-refractivity contribution in [1.82, 2.24) is 10.6 Å². The molecule has 0 aliphatic heterocycles. The van der Waals surface area contributed by atoms with Gasteiger partial charge in [-0.25, -0.2) is 0 Å². The highest BCUT2D eigenvalue weighted by Crippen LogP contribution is 2.20. The first kappa shape index (κ1) is 21.4. The predicted molar refractivity (Wildman–Crippen MR) is 112 cm³/mol. The summed E-state index contributed by atoms with van der Waals surface area (Å²) in [5, 5.41) is 6.87. The van der Waals surface area contributed by atoms with Crippen LogP contribution in [0.4, 0.5) is 0 Å². The minimum Gasteiger partial charge on any atom is -0.491 e. The smallest absolute Gasteiger partial charge is 0.257 e. The molecule has 8 heteroatoms. The molecule has 0 radical (unpaired) electrons. The SMILES string of the molecule is CCOCCOc1cccc(C(=O)NC(=S)NCc2ccc(Cl)cc2Cl)c1. The first-order valence-electron chi connectivity index (χ1n) is 8.33. The van der Waals surface area contributed by atoms with E-state index in [4.69, 9.17) is 44.9 Å². The molecule has 2 aromatic carbocycles. The summed E-state index contributed by atoms with van der Waals surface area (Å²) in [4.78, 5) is 12.3. The number of hydrogen-bond donors (Lipinski definition) is 2. The third-order valence-corrected chi connectivity index (χ3v) is 4.31. The van der Waals surface area contributed by atoms with E-state index in [1.165, 1.54) is 0 Å². The minimum absolute atomic E-state index is 0.202. The Balaban J connectivity index is 1.85. The van der Waals surface area contributed by atoms with Crippen LogP contribution in [0.1, 0.15) is 22.8 Å². The van der Waals surface area contributed by atoms with E-state index in [2.05, 4.69) is 10.6 Å². The first-order valence-corrected chi connectivity index (χ1v) is 9.49. The molecule has 5 nitrogen and oxygen atoms in total. The number of thiocarbonyl (C=S) groups is 1. The molecule has 0 heterocycles. The maximum Gasteiger partial charge on any atom is 0.257 e. The topological polar surface area (TPSA) is 59.6 Å². The van der Waals surface area contributed by atoms with Gasteiger partial charge in [0.2, 0.25) is 0 Å². The van der Waals surface area contributed by atoms with E-state index in [0.717, 1.165) is 5.56 Å². The van der Waals surface area contributed by atoms with Crippen LogP contribution in [0.25, 0.3) is 0 Å². The summed E-state index contributed by atoms with van der Waals surface area (Å²) in [6, 6.07) is 12.0. The molecule has 2 rings (SSSR count). The molecule has 0 fully saturated rings. The van der Waals surface area contributed by atoms with Gasteiger partial charge in [0.25, 0.3) is 5.91 Å². The van der Waals surface area contributed by atoms with Crippen LogP contribution in [-0.4, -0.2) is 30.8 Å². The average molecular weight is 427 g/mol. The Morgan fingerprint density at radius 3 is 2.70 bits per heavy atom. The number of ether oxygens (including phenoxy) is 2. The van der Waals surface area contributed by atoms with Gasteiger partial charge in [0.15, 0.2) is 5.11 Å². The Morgan fingerprint density at radius 1 is 1.15 bits per heavy atom. The normalized spacial score (nSPS) is 10.3.